The van der Waals surface area contributed by atoms with Crippen LogP contribution in [0.4, 0.5) is 14.6 Å². The first kappa shape index (κ1) is 29.8. The first-order valence-corrected chi connectivity index (χ1v) is 15.3. The monoisotopic (exact) mass is 639 g/mol. The normalized spacial score (nSPS) is 21.8. The predicted octanol–water partition coefficient (Wildman–Crippen LogP) is 4.77. The molecule has 10 nitrogen and oxygen atoms in total. The Labute approximate surface area is 263 Å². The number of carboxylic acid groups (broad SMARTS) is 1. The van der Waals surface area contributed by atoms with Crippen LogP contribution in [0.1, 0.15) is 28.2 Å². The van der Waals surface area contributed by atoms with E-state index in [0.717, 1.165) is 18.3 Å². The molecule has 5 heterocycles. The highest BCUT2D eigenvalue weighted by Gasteiger charge is 2.42. The molecule has 0 unspecified atom stereocenters. The van der Waals surface area contributed by atoms with Gasteiger partial charge in [0.1, 0.15) is 29.6 Å². The van der Waals surface area contributed by atoms with Crippen molar-refractivity contribution in [2.45, 2.75) is 38.2 Å². The van der Waals surface area contributed by atoms with Gasteiger partial charge in [0, 0.05) is 48.8 Å². The van der Waals surface area contributed by atoms with Crippen molar-refractivity contribution < 1.29 is 32.9 Å². The number of halogens is 3. The number of nitrogens with zero attached hydrogens (tertiary/aromatic N) is 5. The number of anilines is 1. The average Bonchev–Trinajstić information content (AvgIpc) is 3.79. The van der Waals surface area contributed by atoms with Crippen LogP contribution in [0.25, 0.3) is 11.0 Å². The number of piperazine rings is 1. The van der Waals surface area contributed by atoms with E-state index in [1.165, 1.54) is 12.1 Å². The van der Waals surface area contributed by atoms with Gasteiger partial charge in [-0.05, 0) is 36.8 Å². The van der Waals surface area contributed by atoms with E-state index >= 15 is 4.39 Å². The zero-order chi connectivity index (χ0) is 31.1. The van der Waals surface area contributed by atoms with E-state index in [0.29, 0.717) is 80.4 Å². The van der Waals surface area contributed by atoms with Crippen molar-refractivity contribution in [2.24, 2.45) is 5.92 Å². The molecule has 0 saturated carbocycles. The lowest BCUT2D eigenvalue weighted by Gasteiger charge is -2.44. The number of hydrogen-bond acceptors (Lipinski definition) is 8. The number of rotatable bonds is 9. The summed E-state index contributed by atoms with van der Waals surface area (Å²) in [6.45, 7) is 4.65. The molecular formula is C32H32ClF2N5O5. The van der Waals surface area contributed by atoms with Crippen LogP contribution in [0.2, 0.25) is 5.02 Å². The molecule has 3 saturated heterocycles. The van der Waals surface area contributed by atoms with Crippen molar-refractivity contribution in [3.8, 4) is 5.88 Å². The zero-order valence-corrected chi connectivity index (χ0v) is 25.1. The molecule has 13 heteroatoms. The van der Waals surface area contributed by atoms with Crippen molar-refractivity contribution >= 4 is 34.4 Å². The van der Waals surface area contributed by atoms with E-state index in [1.54, 1.807) is 18.2 Å². The fraction of sp³-hybridized carbons (Fsp3) is 0.406. The molecule has 236 valence electrons. The summed E-state index contributed by atoms with van der Waals surface area (Å²) in [6.07, 6.45) is 0.877. The Morgan fingerprint density at radius 1 is 1.02 bits per heavy atom. The Bertz CT molecular complexity index is 1730. The quantitative estimate of drug-likeness (QED) is 0.278. The molecule has 0 aliphatic carbocycles. The first-order chi connectivity index (χ1) is 21.8. The van der Waals surface area contributed by atoms with Crippen LogP contribution in [-0.2, 0) is 29.2 Å². The molecule has 4 aromatic rings. The highest BCUT2D eigenvalue weighted by atomic mass is 35.5. The Balaban J connectivity index is 1.11. The minimum Gasteiger partial charge on any atom is -0.478 e. The molecule has 2 aromatic carbocycles. The molecule has 3 aliphatic heterocycles. The molecule has 3 aliphatic rings. The van der Waals surface area contributed by atoms with Crippen LogP contribution in [-0.4, -0.2) is 82.1 Å². The molecule has 0 radical (unpaired) electrons. The van der Waals surface area contributed by atoms with E-state index < -0.39 is 17.6 Å². The summed E-state index contributed by atoms with van der Waals surface area (Å²) in [7, 11) is 0. The lowest BCUT2D eigenvalue weighted by molar-refractivity contribution is 0.0696. The standard InChI is InChI=1S/C32H32ClF2N5O5/c33-22-5-4-20(23(34)12-22)16-45-30-3-1-2-28(36-30)39-8-7-38(26-17-44-18-27(26)39)14-29-37-31-24(35)10-21(32(41)42)11-25(31)40(29)13-19-6-9-43-15-19/h1-5,10-12,19,26-27H,6-9,13-18H2,(H,41,42)/t19-,26+,27-/m0/s1. The maximum Gasteiger partial charge on any atom is 0.335 e. The summed E-state index contributed by atoms with van der Waals surface area (Å²) in [5.74, 6) is -0.235. The molecule has 2 aromatic heterocycles. The number of benzene rings is 2. The van der Waals surface area contributed by atoms with Gasteiger partial charge in [0.15, 0.2) is 5.82 Å². The second-order valence-corrected chi connectivity index (χ2v) is 12.1. The van der Waals surface area contributed by atoms with Crippen LogP contribution >= 0.6 is 11.6 Å². The molecular weight excluding hydrogens is 608 g/mol. The number of carboxylic acids is 1. The van der Waals surface area contributed by atoms with Gasteiger partial charge in [0.25, 0.3) is 0 Å². The summed E-state index contributed by atoms with van der Waals surface area (Å²) in [5.41, 5.74) is 0.929. The Kier molecular flexibility index (Phi) is 8.30. The van der Waals surface area contributed by atoms with Crippen molar-refractivity contribution in [3.05, 3.63) is 82.1 Å². The molecule has 1 N–H and O–H groups in total. The van der Waals surface area contributed by atoms with E-state index in [2.05, 4.69) is 9.80 Å². The minimum absolute atomic E-state index is 0.00613. The average molecular weight is 640 g/mol. The van der Waals surface area contributed by atoms with Crippen LogP contribution in [0.5, 0.6) is 5.88 Å². The van der Waals surface area contributed by atoms with Gasteiger partial charge < -0.3 is 28.8 Å². The topological polar surface area (TPSA) is 102 Å². The molecule has 0 spiro atoms. The van der Waals surface area contributed by atoms with Crippen molar-refractivity contribution in [2.75, 3.05) is 44.4 Å². The number of hydrogen-bond donors (Lipinski definition) is 1. The van der Waals surface area contributed by atoms with Crippen LogP contribution in [0.15, 0.2) is 48.5 Å². The molecule has 0 bridgehead atoms. The van der Waals surface area contributed by atoms with Gasteiger partial charge in [-0.15, -0.1) is 0 Å². The summed E-state index contributed by atoms with van der Waals surface area (Å²) in [4.78, 5) is 25.7. The second-order valence-electron chi connectivity index (χ2n) is 11.7. The minimum atomic E-state index is -1.18. The van der Waals surface area contributed by atoms with Gasteiger partial charge >= 0.3 is 5.97 Å². The lowest BCUT2D eigenvalue weighted by Crippen LogP contribution is -2.59. The third kappa shape index (κ3) is 6.07. The number of carbonyl (C=O) groups is 1. The largest absolute Gasteiger partial charge is 0.478 e. The van der Waals surface area contributed by atoms with E-state index in [4.69, 9.17) is 35.8 Å². The maximum atomic E-state index is 15.1. The van der Waals surface area contributed by atoms with E-state index in [9.17, 15) is 14.3 Å². The van der Waals surface area contributed by atoms with Gasteiger partial charge in [-0.25, -0.2) is 18.6 Å². The summed E-state index contributed by atoms with van der Waals surface area (Å²) in [6, 6.07) is 12.6. The Morgan fingerprint density at radius 3 is 2.69 bits per heavy atom. The number of pyridine rings is 1. The zero-order valence-electron chi connectivity index (χ0n) is 24.4. The van der Waals surface area contributed by atoms with Gasteiger partial charge in [-0.3, -0.25) is 4.90 Å². The summed E-state index contributed by atoms with van der Waals surface area (Å²) >= 11 is 5.87. The maximum absolute atomic E-state index is 15.1. The Morgan fingerprint density at radius 2 is 1.89 bits per heavy atom. The van der Waals surface area contributed by atoms with E-state index in [-0.39, 0.29) is 35.7 Å². The van der Waals surface area contributed by atoms with Crippen LogP contribution in [0.3, 0.4) is 0 Å². The highest BCUT2D eigenvalue weighted by Crippen LogP contribution is 2.31. The number of fused-ring (bicyclic) bond motifs is 2. The van der Waals surface area contributed by atoms with Crippen molar-refractivity contribution in [3.63, 3.8) is 0 Å². The smallest absolute Gasteiger partial charge is 0.335 e. The third-order valence-electron chi connectivity index (χ3n) is 8.86. The van der Waals surface area contributed by atoms with Crippen molar-refractivity contribution in [1.29, 1.82) is 0 Å². The summed E-state index contributed by atoms with van der Waals surface area (Å²) < 4.78 is 48.7. The molecule has 0 amide bonds. The van der Waals surface area contributed by atoms with Crippen LogP contribution < -0.4 is 9.64 Å². The fourth-order valence-corrected chi connectivity index (χ4v) is 6.66. The first-order valence-electron chi connectivity index (χ1n) is 15.0. The highest BCUT2D eigenvalue weighted by molar-refractivity contribution is 6.30. The fourth-order valence-electron chi connectivity index (χ4n) is 6.51. The SMILES string of the molecule is O=C(O)c1cc(F)c2nc(CN3CCN(c4cccc(OCc5ccc(Cl)cc5F)n4)[C@H]4COC[C@H]43)n(C[C@@H]3CCOC3)c2c1. The van der Waals surface area contributed by atoms with E-state index in [1.807, 2.05) is 16.7 Å². The number of aromatic carboxylic acids is 1. The van der Waals surface area contributed by atoms with Crippen molar-refractivity contribution in [1.82, 2.24) is 19.4 Å². The summed E-state index contributed by atoms with van der Waals surface area (Å²) in [5, 5.41) is 9.90. The third-order valence-corrected chi connectivity index (χ3v) is 9.09. The van der Waals surface area contributed by atoms with Crippen LogP contribution in [0, 0.1) is 17.6 Å². The lowest BCUT2D eigenvalue weighted by atomic mass is 10.0. The molecule has 3 atom stereocenters. The van der Waals surface area contributed by atoms with Gasteiger partial charge in [0.05, 0.1) is 49.5 Å². The number of ether oxygens (including phenoxy) is 3. The Hall–Kier alpha value is -3.84. The molecule has 3 fully saturated rings. The number of aromatic nitrogens is 3. The second kappa shape index (κ2) is 12.5. The number of imidazole rings is 1. The molecule has 7 rings (SSSR count). The van der Waals surface area contributed by atoms with Gasteiger partial charge in [-0.2, -0.15) is 4.98 Å². The predicted molar refractivity (Wildman–Crippen MR) is 162 cm³/mol. The van der Waals surface area contributed by atoms with Gasteiger partial charge in [-0.1, -0.05) is 23.7 Å². The van der Waals surface area contributed by atoms with Gasteiger partial charge in [0.2, 0.25) is 5.88 Å². The molecule has 45 heavy (non-hydrogen) atoms.